The summed E-state index contributed by atoms with van der Waals surface area (Å²) in [5.74, 6) is 0.331. The number of halogens is 1. The minimum Gasteiger partial charge on any atom is -0.368 e. The Morgan fingerprint density at radius 2 is 1.92 bits per heavy atom. The fourth-order valence-corrected chi connectivity index (χ4v) is 6.41. The smallest absolute Gasteiger partial charge is 0.264 e. The van der Waals surface area contributed by atoms with Crippen LogP contribution in [0.25, 0.3) is 10.2 Å². The molecule has 1 aromatic carbocycles. The molecular formula is C26H30ClN5O3S. The summed E-state index contributed by atoms with van der Waals surface area (Å²) in [5.41, 5.74) is 1.42. The lowest BCUT2D eigenvalue weighted by atomic mass is 10.0. The summed E-state index contributed by atoms with van der Waals surface area (Å²) in [4.78, 5) is 50.9. The van der Waals surface area contributed by atoms with Crippen LogP contribution in [0.3, 0.4) is 0 Å². The maximum absolute atomic E-state index is 13.4. The molecule has 1 atom stereocenters. The van der Waals surface area contributed by atoms with E-state index in [1.807, 2.05) is 34.1 Å². The van der Waals surface area contributed by atoms with Gasteiger partial charge in [-0.25, -0.2) is 4.98 Å². The van der Waals surface area contributed by atoms with Crippen molar-refractivity contribution >= 4 is 50.7 Å². The second-order valence-corrected chi connectivity index (χ2v) is 11.2. The van der Waals surface area contributed by atoms with Gasteiger partial charge in [-0.05, 0) is 49.4 Å². The van der Waals surface area contributed by atoms with Crippen molar-refractivity contribution in [3.8, 4) is 0 Å². The topological polar surface area (TPSA) is 78.8 Å². The van der Waals surface area contributed by atoms with E-state index >= 15 is 0 Å². The fraction of sp³-hybridized carbons (Fsp3) is 0.462. The number of carbonyl (C=O) groups excluding carboxylic acids is 2. The van der Waals surface area contributed by atoms with Crippen LogP contribution in [0.15, 0.2) is 35.4 Å². The zero-order valence-corrected chi connectivity index (χ0v) is 22.1. The summed E-state index contributed by atoms with van der Waals surface area (Å²) in [7, 11) is 0. The molecule has 36 heavy (non-hydrogen) atoms. The van der Waals surface area contributed by atoms with E-state index in [1.54, 1.807) is 6.92 Å². The highest BCUT2D eigenvalue weighted by Gasteiger charge is 2.27. The summed E-state index contributed by atoms with van der Waals surface area (Å²) in [6, 6.07) is 7.73. The second-order valence-electron chi connectivity index (χ2n) is 9.76. The van der Waals surface area contributed by atoms with E-state index in [0.717, 1.165) is 31.6 Å². The summed E-state index contributed by atoms with van der Waals surface area (Å²) in [5, 5.41) is 1.13. The molecule has 0 radical (unpaired) electrons. The third kappa shape index (κ3) is 4.86. The van der Waals surface area contributed by atoms with Crippen LogP contribution in [0.2, 0.25) is 5.02 Å². The van der Waals surface area contributed by atoms with Crippen molar-refractivity contribution in [3.05, 3.63) is 56.4 Å². The normalized spacial score (nSPS) is 18.6. The molecule has 2 fully saturated rings. The molecule has 0 saturated carbocycles. The molecule has 3 aromatic rings. The van der Waals surface area contributed by atoms with E-state index in [1.165, 1.54) is 22.2 Å². The zero-order chi connectivity index (χ0) is 25.4. The van der Waals surface area contributed by atoms with Gasteiger partial charge in [0.25, 0.3) is 11.5 Å². The predicted molar refractivity (Wildman–Crippen MR) is 143 cm³/mol. The highest BCUT2D eigenvalue weighted by molar-refractivity contribution is 7.20. The molecule has 190 valence electrons. The van der Waals surface area contributed by atoms with Crippen molar-refractivity contribution in [2.24, 2.45) is 5.92 Å². The number of piperazine rings is 1. The van der Waals surface area contributed by atoms with Crippen LogP contribution in [0.1, 0.15) is 35.0 Å². The Labute approximate surface area is 219 Å². The number of rotatable bonds is 4. The number of thiophene rings is 1. The Hall–Kier alpha value is -2.91. The first-order valence-electron chi connectivity index (χ1n) is 12.4. The van der Waals surface area contributed by atoms with E-state index < -0.39 is 0 Å². The van der Waals surface area contributed by atoms with Crippen LogP contribution in [0, 0.1) is 12.8 Å². The van der Waals surface area contributed by atoms with E-state index in [9.17, 15) is 14.4 Å². The molecule has 0 bridgehead atoms. The number of piperidine rings is 1. The number of amides is 2. The first-order valence-corrected chi connectivity index (χ1v) is 13.6. The third-order valence-electron chi connectivity index (χ3n) is 7.17. The minimum atomic E-state index is -0.267. The first-order chi connectivity index (χ1) is 17.3. The highest BCUT2D eigenvalue weighted by Crippen LogP contribution is 2.29. The Morgan fingerprint density at radius 1 is 1.14 bits per heavy atom. The number of fused-ring (bicyclic) bond motifs is 1. The number of anilines is 1. The van der Waals surface area contributed by atoms with Crippen LogP contribution in [0.5, 0.6) is 0 Å². The lowest BCUT2D eigenvalue weighted by molar-refractivity contribution is -0.133. The van der Waals surface area contributed by atoms with Crippen molar-refractivity contribution in [3.63, 3.8) is 0 Å². The number of benzene rings is 1. The van der Waals surface area contributed by atoms with Crippen LogP contribution < -0.4 is 10.5 Å². The highest BCUT2D eigenvalue weighted by atomic mass is 35.5. The number of aryl methyl sites for hydroxylation is 1. The molecule has 2 aromatic heterocycles. The molecule has 8 nitrogen and oxygen atoms in total. The van der Waals surface area contributed by atoms with E-state index in [0.29, 0.717) is 57.8 Å². The standard InChI is InChI=1S/C26H30ClN5O3S/c1-17-5-4-8-31(14-17)21(33)15-32-16-28-24-22(25(32)34)18(2)23(36-24)26(35)30-11-9-29(10-12-30)20-7-3-6-19(27)13-20/h3,6-7,13,16-17H,4-5,8-12,14-15H2,1-2H3/t17-/m0/s1. The molecule has 0 spiro atoms. The molecular weight excluding hydrogens is 498 g/mol. The minimum absolute atomic E-state index is 0.0292. The molecule has 2 amide bonds. The van der Waals surface area contributed by atoms with Gasteiger partial charge < -0.3 is 14.7 Å². The van der Waals surface area contributed by atoms with Crippen LogP contribution in [0.4, 0.5) is 5.69 Å². The van der Waals surface area contributed by atoms with E-state index in [-0.39, 0.29) is 23.9 Å². The van der Waals surface area contributed by atoms with Gasteiger partial charge in [0.15, 0.2) is 0 Å². The summed E-state index contributed by atoms with van der Waals surface area (Å²) in [6.45, 7) is 7.95. The summed E-state index contributed by atoms with van der Waals surface area (Å²) in [6.07, 6.45) is 3.54. The molecule has 0 unspecified atom stereocenters. The SMILES string of the molecule is Cc1c(C(=O)N2CCN(c3cccc(Cl)c3)CC2)sc2ncn(CC(=O)N3CCC[C@H](C)C3)c(=O)c12. The van der Waals surface area contributed by atoms with Crippen molar-refractivity contribution < 1.29 is 9.59 Å². The predicted octanol–water partition coefficient (Wildman–Crippen LogP) is 3.64. The maximum Gasteiger partial charge on any atom is 0.264 e. The van der Waals surface area contributed by atoms with Gasteiger partial charge >= 0.3 is 0 Å². The number of likely N-dealkylation sites (tertiary alicyclic amines) is 1. The van der Waals surface area contributed by atoms with Crippen LogP contribution in [-0.2, 0) is 11.3 Å². The van der Waals surface area contributed by atoms with Crippen molar-refractivity contribution in [2.45, 2.75) is 33.2 Å². The summed E-state index contributed by atoms with van der Waals surface area (Å²) >= 11 is 7.38. The van der Waals surface area contributed by atoms with Gasteiger partial charge in [0.2, 0.25) is 5.91 Å². The maximum atomic E-state index is 13.4. The van der Waals surface area contributed by atoms with E-state index in [2.05, 4.69) is 16.8 Å². The number of hydrogen-bond donors (Lipinski definition) is 0. The van der Waals surface area contributed by atoms with Crippen LogP contribution >= 0.6 is 22.9 Å². The number of aromatic nitrogens is 2. The number of carbonyl (C=O) groups is 2. The van der Waals surface area contributed by atoms with Gasteiger partial charge in [-0.3, -0.25) is 19.0 Å². The molecule has 2 saturated heterocycles. The Balaban J connectivity index is 1.31. The molecule has 10 heteroatoms. The molecule has 4 heterocycles. The molecule has 2 aliphatic rings. The van der Waals surface area contributed by atoms with Gasteiger partial charge in [0, 0.05) is 50.0 Å². The molecule has 0 aliphatic carbocycles. The average Bonchev–Trinajstić information content (AvgIpc) is 3.22. The Kier molecular flexibility index (Phi) is 7.03. The first kappa shape index (κ1) is 24.8. The van der Waals surface area contributed by atoms with Crippen molar-refractivity contribution in [1.82, 2.24) is 19.4 Å². The largest absolute Gasteiger partial charge is 0.368 e. The lowest BCUT2D eigenvalue weighted by Crippen LogP contribution is -2.48. The van der Waals surface area contributed by atoms with Crippen molar-refractivity contribution in [1.29, 1.82) is 0 Å². The van der Waals surface area contributed by atoms with Gasteiger partial charge in [-0.2, -0.15) is 0 Å². The Morgan fingerprint density at radius 3 is 2.64 bits per heavy atom. The van der Waals surface area contributed by atoms with Gasteiger partial charge in [-0.15, -0.1) is 11.3 Å². The number of hydrogen-bond acceptors (Lipinski definition) is 6. The quantitative estimate of drug-likeness (QED) is 0.517. The van der Waals surface area contributed by atoms with Crippen LogP contribution in [-0.4, -0.2) is 70.4 Å². The molecule has 5 rings (SSSR count). The average molecular weight is 528 g/mol. The number of nitrogens with zero attached hydrogens (tertiary/aromatic N) is 5. The molecule has 2 aliphatic heterocycles. The van der Waals surface area contributed by atoms with Crippen molar-refractivity contribution in [2.75, 3.05) is 44.2 Å². The third-order valence-corrected chi connectivity index (χ3v) is 8.59. The zero-order valence-electron chi connectivity index (χ0n) is 20.6. The van der Waals surface area contributed by atoms with E-state index in [4.69, 9.17) is 11.6 Å². The van der Waals surface area contributed by atoms with Gasteiger partial charge in [-0.1, -0.05) is 24.6 Å². The monoisotopic (exact) mass is 527 g/mol. The fourth-order valence-electron chi connectivity index (χ4n) is 5.12. The van der Waals surface area contributed by atoms with Gasteiger partial charge in [0.05, 0.1) is 16.6 Å². The Bertz CT molecular complexity index is 1360. The second kappa shape index (κ2) is 10.2. The van der Waals surface area contributed by atoms with Gasteiger partial charge in [0.1, 0.15) is 11.4 Å². The summed E-state index contributed by atoms with van der Waals surface area (Å²) < 4.78 is 1.38. The lowest BCUT2D eigenvalue weighted by Gasteiger charge is -2.36. The molecule has 0 N–H and O–H groups in total.